The minimum Gasteiger partial charge on any atom is -0.325 e. The first-order valence-corrected chi connectivity index (χ1v) is 9.14. The number of piperidine rings is 1. The van der Waals surface area contributed by atoms with Crippen molar-refractivity contribution < 1.29 is 4.79 Å². The van der Waals surface area contributed by atoms with Crippen LogP contribution in [-0.2, 0) is 6.54 Å². The molecule has 0 saturated carbocycles. The maximum Gasteiger partial charge on any atom is 0.321 e. The number of nitrogens with zero attached hydrogens (tertiary/aromatic N) is 5. The first-order valence-electron chi connectivity index (χ1n) is 8.35. The molecule has 25 heavy (non-hydrogen) atoms. The number of hydrogen-bond donors (Lipinski definition) is 1. The van der Waals surface area contributed by atoms with E-state index in [9.17, 15) is 4.79 Å². The SMILES string of the molecule is O=C(Nc1cnn2ccccc12)N1CCC(Cn2cc(Br)cn2)CC1. The lowest BCUT2D eigenvalue weighted by molar-refractivity contribution is 0.175. The van der Waals surface area contributed by atoms with Crippen molar-refractivity contribution in [3.63, 3.8) is 0 Å². The first kappa shape index (κ1) is 16.1. The van der Waals surface area contributed by atoms with E-state index in [-0.39, 0.29) is 6.03 Å². The van der Waals surface area contributed by atoms with Gasteiger partial charge in [0, 0.05) is 32.0 Å². The van der Waals surface area contributed by atoms with Crippen LogP contribution in [0.2, 0.25) is 0 Å². The average molecular weight is 403 g/mol. The fourth-order valence-corrected chi connectivity index (χ4v) is 3.57. The van der Waals surface area contributed by atoms with Gasteiger partial charge >= 0.3 is 6.03 Å². The third-order valence-corrected chi connectivity index (χ3v) is 5.03. The number of urea groups is 1. The predicted molar refractivity (Wildman–Crippen MR) is 98.4 cm³/mol. The number of carbonyl (C=O) groups is 1. The molecule has 1 aliphatic heterocycles. The number of nitrogens with one attached hydrogen (secondary N) is 1. The quantitative estimate of drug-likeness (QED) is 0.730. The second kappa shape index (κ2) is 6.87. The number of aromatic nitrogens is 4. The van der Waals surface area contributed by atoms with Crippen LogP contribution in [0.5, 0.6) is 0 Å². The normalized spacial score (nSPS) is 15.6. The Morgan fingerprint density at radius 3 is 2.84 bits per heavy atom. The van der Waals surface area contributed by atoms with Crippen molar-refractivity contribution in [1.29, 1.82) is 0 Å². The number of anilines is 1. The van der Waals surface area contributed by atoms with Gasteiger partial charge in [-0.05, 0) is 46.8 Å². The third kappa shape index (κ3) is 3.53. The van der Waals surface area contributed by atoms with Crippen LogP contribution in [0.15, 0.2) is 47.5 Å². The van der Waals surface area contributed by atoms with Crippen LogP contribution in [-0.4, -0.2) is 43.4 Å². The van der Waals surface area contributed by atoms with Crippen molar-refractivity contribution in [2.75, 3.05) is 18.4 Å². The maximum atomic E-state index is 12.5. The summed E-state index contributed by atoms with van der Waals surface area (Å²) in [7, 11) is 0. The van der Waals surface area contributed by atoms with Gasteiger partial charge in [0.25, 0.3) is 0 Å². The van der Waals surface area contributed by atoms with E-state index < -0.39 is 0 Å². The summed E-state index contributed by atoms with van der Waals surface area (Å²) < 4.78 is 4.71. The van der Waals surface area contributed by atoms with Crippen LogP contribution in [0.1, 0.15) is 12.8 Å². The van der Waals surface area contributed by atoms with Crippen LogP contribution in [0, 0.1) is 5.92 Å². The Bertz CT molecular complexity index is 880. The highest BCUT2D eigenvalue weighted by Crippen LogP contribution is 2.22. The predicted octanol–water partition coefficient (Wildman–Crippen LogP) is 3.24. The maximum absolute atomic E-state index is 12.5. The van der Waals surface area contributed by atoms with Gasteiger partial charge in [-0.25, -0.2) is 9.31 Å². The van der Waals surface area contributed by atoms with Crippen LogP contribution in [0.4, 0.5) is 10.5 Å². The molecule has 0 aliphatic carbocycles. The Morgan fingerprint density at radius 1 is 1.24 bits per heavy atom. The summed E-state index contributed by atoms with van der Waals surface area (Å²) in [6.07, 6.45) is 9.32. The number of pyridine rings is 1. The summed E-state index contributed by atoms with van der Waals surface area (Å²) >= 11 is 3.42. The van der Waals surface area contributed by atoms with Gasteiger partial charge < -0.3 is 10.2 Å². The molecular weight excluding hydrogens is 384 g/mol. The average Bonchev–Trinajstić information content (AvgIpc) is 3.22. The molecule has 1 N–H and O–H groups in total. The molecule has 0 spiro atoms. The number of likely N-dealkylation sites (tertiary alicyclic amines) is 1. The smallest absolute Gasteiger partial charge is 0.321 e. The number of carbonyl (C=O) groups excluding carboxylic acids is 1. The molecule has 0 atom stereocenters. The Balaban J connectivity index is 1.33. The molecule has 1 aliphatic rings. The zero-order valence-corrected chi connectivity index (χ0v) is 15.3. The molecule has 0 radical (unpaired) electrons. The Labute approximate surface area is 153 Å². The molecule has 4 rings (SSSR count). The van der Waals surface area contributed by atoms with Gasteiger partial charge in [0.2, 0.25) is 0 Å². The largest absolute Gasteiger partial charge is 0.325 e. The van der Waals surface area contributed by atoms with Crippen LogP contribution in [0.3, 0.4) is 0 Å². The van der Waals surface area contributed by atoms with Gasteiger partial charge in [0.05, 0.1) is 28.1 Å². The standard InChI is InChI=1S/C17H19BrN6O/c18-14-9-19-23(12-14)11-13-4-7-22(8-5-13)17(25)21-15-10-20-24-6-2-1-3-16(15)24/h1-3,6,9-10,12-13H,4-5,7-8,11H2,(H,21,25). The van der Waals surface area contributed by atoms with E-state index in [1.165, 1.54) is 0 Å². The summed E-state index contributed by atoms with van der Waals surface area (Å²) in [5, 5.41) is 11.5. The van der Waals surface area contributed by atoms with Gasteiger partial charge in [-0.1, -0.05) is 6.07 Å². The molecule has 2 amide bonds. The minimum atomic E-state index is -0.0564. The van der Waals surface area contributed by atoms with E-state index >= 15 is 0 Å². The number of rotatable bonds is 3. The molecule has 0 unspecified atom stereocenters. The molecular formula is C17H19BrN6O. The van der Waals surface area contributed by atoms with Crippen molar-refractivity contribution in [2.24, 2.45) is 5.92 Å². The Kier molecular flexibility index (Phi) is 4.44. The van der Waals surface area contributed by atoms with E-state index in [2.05, 4.69) is 31.4 Å². The number of amides is 2. The van der Waals surface area contributed by atoms with E-state index in [4.69, 9.17) is 0 Å². The van der Waals surface area contributed by atoms with Gasteiger partial charge in [0.15, 0.2) is 0 Å². The van der Waals surface area contributed by atoms with E-state index in [0.717, 1.165) is 48.2 Å². The first-order chi connectivity index (χ1) is 12.2. The molecule has 0 aromatic carbocycles. The molecule has 130 valence electrons. The van der Waals surface area contributed by atoms with Crippen molar-refractivity contribution in [1.82, 2.24) is 24.3 Å². The fourth-order valence-electron chi connectivity index (χ4n) is 3.25. The van der Waals surface area contributed by atoms with Crippen LogP contribution in [0.25, 0.3) is 5.52 Å². The van der Waals surface area contributed by atoms with E-state index in [1.54, 1.807) is 16.9 Å². The van der Waals surface area contributed by atoms with E-state index in [1.807, 2.05) is 40.2 Å². The van der Waals surface area contributed by atoms with Crippen LogP contribution >= 0.6 is 15.9 Å². The summed E-state index contributed by atoms with van der Waals surface area (Å²) in [4.78, 5) is 14.4. The molecule has 3 aromatic heterocycles. The zero-order valence-electron chi connectivity index (χ0n) is 13.7. The summed E-state index contributed by atoms with van der Waals surface area (Å²) in [6.45, 7) is 2.42. The lowest BCUT2D eigenvalue weighted by Crippen LogP contribution is -2.41. The van der Waals surface area contributed by atoms with Crippen molar-refractivity contribution in [2.45, 2.75) is 19.4 Å². The summed E-state index contributed by atoms with van der Waals surface area (Å²) in [5.41, 5.74) is 1.64. The molecule has 1 fully saturated rings. The topological polar surface area (TPSA) is 67.5 Å². The second-order valence-electron chi connectivity index (χ2n) is 6.33. The lowest BCUT2D eigenvalue weighted by atomic mass is 9.97. The summed E-state index contributed by atoms with van der Waals surface area (Å²) in [5.74, 6) is 0.549. The highest BCUT2D eigenvalue weighted by molar-refractivity contribution is 9.10. The van der Waals surface area contributed by atoms with Crippen molar-refractivity contribution >= 4 is 33.2 Å². The Hall–Kier alpha value is -2.35. The zero-order chi connectivity index (χ0) is 17.2. The number of hydrogen-bond acceptors (Lipinski definition) is 3. The molecule has 7 nitrogen and oxygen atoms in total. The highest BCUT2D eigenvalue weighted by Gasteiger charge is 2.23. The molecule has 0 bridgehead atoms. The van der Waals surface area contributed by atoms with E-state index in [0.29, 0.717) is 5.92 Å². The molecule has 8 heteroatoms. The van der Waals surface area contributed by atoms with Gasteiger partial charge in [0.1, 0.15) is 0 Å². The van der Waals surface area contributed by atoms with Crippen molar-refractivity contribution in [3.05, 3.63) is 47.5 Å². The van der Waals surface area contributed by atoms with Gasteiger partial charge in [-0.3, -0.25) is 4.68 Å². The van der Waals surface area contributed by atoms with Gasteiger partial charge in [-0.15, -0.1) is 0 Å². The summed E-state index contributed by atoms with van der Waals surface area (Å²) in [6, 6.07) is 5.73. The minimum absolute atomic E-state index is 0.0564. The lowest BCUT2D eigenvalue weighted by Gasteiger charge is -2.31. The highest BCUT2D eigenvalue weighted by atomic mass is 79.9. The van der Waals surface area contributed by atoms with Gasteiger partial charge in [-0.2, -0.15) is 10.2 Å². The molecule has 3 aromatic rings. The molecule has 4 heterocycles. The molecule has 1 saturated heterocycles. The second-order valence-corrected chi connectivity index (χ2v) is 7.25. The van der Waals surface area contributed by atoms with Crippen LogP contribution < -0.4 is 5.32 Å². The fraction of sp³-hybridized carbons (Fsp3) is 0.353. The number of fused-ring (bicyclic) bond motifs is 1. The van der Waals surface area contributed by atoms with Crippen molar-refractivity contribution in [3.8, 4) is 0 Å². The third-order valence-electron chi connectivity index (χ3n) is 4.62. The monoisotopic (exact) mass is 402 g/mol. The number of halogens is 1. The Morgan fingerprint density at radius 2 is 2.08 bits per heavy atom.